The lowest BCUT2D eigenvalue weighted by Gasteiger charge is -2.29. The highest BCUT2D eigenvalue weighted by atomic mass is 19.1. The smallest absolute Gasteiger partial charge is 0.150 e. The molecule has 0 aromatic heterocycles. The third kappa shape index (κ3) is 3.31. The van der Waals surface area contributed by atoms with Crippen LogP contribution in [0.3, 0.4) is 0 Å². The summed E-state index contributed by atoms with van der Waals surface area (Å²) in [7, 11) is 0. The molecule has 0 N–H and O–H groups in total. The SMILES string of the molecule is CCC1CCCC(Oc2cc(F)cc(C=O)c2)C1. The van der Waals surface area contributed by atoms with Crippen molar-refractivity contribution in [2.75, 3.05) is 0 Å². The van der Waals surface area contributed by atoms with Gasteiger partial charge < -0.3 is 4.74 Å². The predicted molar refractivity (Wildman–Crippen MR) is 68.5 cm³/mol. The van der Waals surface area contributed by atoms with Gasteiger partial charge in [0.2, 0.25) is 0 Å². The first-order chi connectivity index (χ1) is 8.71. The summed E-state index contributed by atoms with van der Waals surface area (Å²) in [6.45, 7) is 2.19. The van der Waals surface area contributed by atoms with E-state index in [4.69, 9.17) is 4.74 Å². The van der Waals surface area contributed by atoms with Gasteiger partial charge in [-0.1, -0.05) is 19.8 Å². The summed E-state index contributed by atoms with van der Waals surface area (Å²) in [4.78, 5) is 10.7. The summed E-state index contributed by atoms with van der Waals surface area (Å²) in [6, 6.07) is 4.17. The lowest BCUT2D eigenvalue weighted by Crippen LogP contribution is -2.25. The second-order valence-corrected chi connectivity index (χ2v) is 5.02. The number of ether oxygens (including phenoxy) is 1. The predicted octanol–water partition coefficient (Wildman–Crippen LogP) is 3.99. The number of aldehydes is 1. The van der Waals surface area contributed by atoms with Crippen molar-refractivity contribution >= 4 is 6.29 Å². The average molecular weight is 250 g/mol. The molecule has 0 bridgehead atoms. The first kappa shape index (κ1) is 13.1. The maximum Gasteiger partial charge on any atom is 0.150 e. The fourth-order valence-corrected chi connectivity index (χ4v) is 2.63. The van der Waals surface area contributed by atoms with Gasteiger partial charge in [-0.15, -0.1) is 0 Å². The molecule has 0 spiro atoms. The first-order valence-electron chi connectivity index (χ1n) is 6.63. The quantitative estimate of drug-likeness (QED) is 0.755. The summed E-state index contributed by atoms with van der Waals surface area (Å²) in [5.74, 6) is 0.763. The zero-order valence-electron chi connectivity index (χ0n) is 10.7. The fourth-order valence-electron chi connectivity index (χ4n) is 2.63. The van der Waals surface area contributed by atoms with Crippen LogP contribution in [0.25, 0.3) is 0 Å². The Kier molecular flexibility index (Phi) is 4.34. The molecule has 1 saturated carbocycles. The van der Waals surface area contributed by atoms with Crippen LogP contribution in [-0.4, -0.2) is 12.4 Å². The van der Waals surface area contributed by atoms with E-state index in [-0.39, 0.29) is 6.10 Å². The third-order valence-corrected chi connectivity index (χ3v) is 3.64. The van der Waals surface area contributed by atoms with Gasteiger partial charge in [0.05, 0.1) is 6.10 Å². The molecule has 0 saturated heterocycles. The van der Waals surface area contributed by atoms with Crippen molar-refractivity contribution in [3.63, 3.8) is 0 Å². The van der Waals surface area contributed by atoms with Gasteiger partial charge in [-0.3, -0.25) is 4.79 Å². The van der Waals surface area contributed by atoms with Gasteiger partial charge in [0.25, 0.3) is 0 Å². The highest BCUT2D eigenvalue weighted by Gasteiger charge is 2.22. The fraction of sp³-hybridized carbons (Fsp3) is 0.533. The van der Waals surface area contributed by atoms with Crippen molar-refractivity contribution < 1.29 is 13.9 Å². The van der Waals surface area contributed by atoms with E-state index in [1.165, 1.54) is 31.4 Å². The Morgan fingerprint density at radius 3 is 2.94 bits per heavy atom. The van der Waals surface area contributed by atoms with Crippen LogP contribution in [0.2, 0.25) is 0 Å². The normalized spacial score (nSPS) is 23.7. The molecule has 2 atom stereocenters. The minimum atomic E-state index is -0.419. The molecular weight excluding hydrogens is 231 g/mol. The number of carbonyl (C=O) groups is 1. The Bertz CT molecular complexity index is 417. The molecule has 18 heavy (non-hydrogen) atoms. The van der Waals surface area contributed by atoms with Crippen molar-refractivity contribution in [2.24, 2.45) is 5.92 Å². The molecule has 0 radical (unpaired) electrons. The molecule has 1 aromatic carbocycles. The monoisotopic (exact) mass is 250 g/mol. The van der Waals surface area contributed by atoms with Crippen LogP contribution in [0.1, 0.15) is 49.4 Å². The third-order valence-electron chi connectivity index (χ3n) is 3.64. The van der Waals surface area contributed by atoms with Crippen molar-refractivity contribution in [3.05, 3.63) is 29.6 Å². The lowest BCUT2D eigenvalue weighted by atomic mass is 9.85. The summed E-state index contributed by atoms with van der Waals surface area (Å²) < 4.78 is 19.1. The molecule has 0 amide bonds. The van der Waals surface area contributed by atoms with E-state index in [1.807, 2.05) is 0 Å². The zero-order chi connectivity index (χ0) is 13.0. The van der Waals surface area contributed by atoms with E-state index in [0.29, 0.717) is 23.5 Å². The number of rotatable bonds is 4. The van der Waals surface area contributed by atoms with Crippen molar-refractivity contribution in [1.82, 2.24) is 0 Å². The maximum atomic E-state index is 13.3. The molecule has 2 unspecified atom stereocenters. The molecule has 1 aromatic rings. The minimum absolute atomic E-state index is 0.157. The average Bonchev–Trinajstić information content (AvgIpc) is 2.38. The van der Waals surface area contributed by atoms with Crippen LogP contribution in [0.5, 0.6) is 5.75 Å². The van der Waals surface area contributed by atoms with Crippen LogP contribution in [-0.2, 0) is 0 Å². The largest absolute Gasteiger partial charge is 0.490 e. The Labute approximate surface area is 107 Å². The van der Waals surface area contributed by atoms with E-state index in [2.05, 4.69) is 6.92 Å². The molecular formula is C15H19FO2. The molecule has 0 aliphatic heterocycles. The highest BCUT2D eigenvalue weighted by molar-refractivity contribution is 5.75. The molecule has 98 valence electrons. The minimum Gasteiger partial charge on any atom is -0.490 e. The van der Waals surface area contributed by atoms with Crippen LogP contribution >= 0.6 is 0 Å². The molecule has 3 heteroatoms. The van der Waals surface area contributed by atoms with E-state index in [0.717, 1.165) is 12.8 Å². The Morgan fingerprint density at radius 1 is 1.39 bits per heavy atom. The van der Waals surface area contributed by atoms with E-state index >= 15 is 0 Å². The number of halogens is 1. The molecule has 1 aliphatic rings. The van der Waals surface area contributed by atoms with Crippen LogP contribution in [0.4, 0.5) is 4.39 Å². The van der Waals surface area contributed by atoms with Gasteiger partial charge in [0.1, 0.15) is 17.9 Å². The molecule has 1 aliphatic carbocycles. The van der Waals surface area contributed by atoms with Crippen molar-refractivity contribution in [3.8, 4) is 5.75 Å². The summed E-state index contributed by atoms with van der Waals surface area (Å²) >= 11 is 0. The molecule has 0 heterocycles. The zero-order valence-corrected chi connectivity index (χ0v) is 10.7. The summed E-state index contributed by atoms with van der Waals surface area (Å²) in [5.41, 5.74) is 0.327. The number of hydrogen-bond acceptors (Lipinski definition) is 2. The Balaban J connectivity index is 2.04. The van der Waals surface area contributed by atoms with E-state index in [1.54, 1.807) is 6.07 Å². The number of benzene rings is 1. The maximum absolute atomic E-state index is 13.3. The van der Waals surface area contributed by atoms with Crippen LogP contribution < -0.4 is 4.74 Å². The molecule has 1 fully saturated rings. The van der Waals surface area contributed by atoms with Gasteiger partial charge in [-0.05, 0) is 37.3 Å². The molecule has 2 nitrogen and oxygen atoms in total. The van der Waals surface area contributed by atoms with Crippen LogP contribution in [0.15, 0.2) is 18.2 Å². The summed E-state index contributed by atoms with van der Waals surface area (Å²) in [6.07, 6.45) is 6.45. The van der Waals surface area contributed by atoms with Gasteiger partial charge in [0.15, 0.2) is 0 Å². The van der Waals surface area contributed by atoms with Crippen LogP contribution in [0, 0.1) is 11.7 Å². The second-order valence-electron chi connectivity index (χ2n) is 5.02. The van der Waals surface area contributed by atoms with Gasteiger partial charge >= 0.3 is 0 Å². The van der Waals surface area contributed by atoms with Crippen molar-refractivity contribution in [1.29, 1.82) is 0 Å². The second kappa shape index (κ2) is 5.98. The standard InChI is InChI=1S/C15H19FO2/c1-2-11-4-3-5-14(7-11)18-15-8-12(10-17)6-13(16)9-15/h6,8-11,14H,2-5,7H2,1H3. The lowest BCUT2D eigenvalue weighted by molar-refractivity contribution is 0.111. The summed E-state index contributed by atoms with van der Waals surface area (Å²) in [5, 5.41) is 0. The van der Waals surface area contributed by atoms with E-state index < -0.39 is 5.82 Å². The number of carbonyl (C=O) groups excluding carboxylic acids is 1. The highest BCUT2D eigenvalue weighted by Crippen LogP contribution is 2.30. The first-order valence-corrected chi connectivity index (χ1v) is 6.63. The van der Waals surface area contributed by atoms with Gasteiger partial charge in [0, 0.05) is 11.6 Å². The Hall–Kier alpha value is -1.38. The van der Waals surface area contributed by atoms with E-state index in [9.17, 15) is 9.18 Å². The van der Waals surface area contributed by atoms with Crippen molar-refractivity contribution in [2.45, 2.75) is 45.1 Å². The Morgan fingerprint density at radius 2 is 2.22 bits per heavy atom. The molecule has 2 rings (SSSR count). The van der Waals surface area contributed by atoms with Gasteiger partial charge in [-0.2, -0.15) is 0 Å². The number of hydrogen-bond donors (Lipinski definition) is 0. The van der Waals surface area contributed by atoms with Gasteiger partial charge in [-0.25, -0.2) is 4.39 Å². The topological polar surface area (TPSA) is 26.3 Å².